The van der Waals surface area contributed by atoms with Crippen LogP contribution in [0, 0.1) is 0 Å². The standard InChI is InChI=1S/C23H37NO4Si/c1-23(2,3)29(5,6)28-16-14-24(13-15-25)21-11-9-19-17-18(7-10-20(19)21)8-12-22(26)27-4/h7-8,10,12,17,21,25H,9,11,13-16H2,1-6H3/b12-8+. The van der Waals surface area contributed by atoms with Crippen molar-refractivity contribution >= 4 is 20.4 Å². The fraction of sp³-hybridized carbons (Fsp3) is 0.609. The monoisotopic (exact) mass is 419 g/mol. The molecule has 1 N–H and O–H groups in total. The van der Waals surface area contributed by atoms with Crippen LogP contribution in [0.4, 0.5) is 0 Å². The molecule has 2 rings (SSSR count). The van der Waals surface area contributed by atoms with Gasteiger partial charge in [-0.05, 0) is 53.7 Å². The average molecular weight is 420 g/mol. The number of aryl methyl sites for hydroxylation is 1. The van der Waals surface area contributed by atoms with Crippen molar-refractivity contribution in [2.75, 3.05) is 33.4 Å². The average Bonchev–Trinajstić information content (AvgIpc) is 3.07. The van der Waals surface area contributed by atoms with Crippen LogP contribution in [0.5, 0.6) is 0 Å². The maximum Gasteiger partial charge on any atom is 0.330 e. The molecule has 1 atom stereocenters. The minimum absolute atomic E-state index is 0.145. The molecular weight excluding hydrogens is 382 g/mol. The molecule has 1 aromatic carbocycles. The van der Waals surface area contributed by atoms with Gasteiger partial charge in [-0.25, -0.2) is 4.79 Å². The van der Waals surface area contributed by atoms with E-state index in [2.05, 4.69) is 55.6 Å². The molecule has 0 fully saturated rings. The fourth-order valence-electron chi connectivity index (χ4n) is 3.52. The van der Waals surface area contributed by atoms with E-state index in [0.29, 0.717) is 19.2 Å². The third-order valence-corrected chi connectivity index (χ3v) is 10.8. The predicted octanol–water partition coefficient (Wildman–Crippen LogP) is 4.18. The van der Waals surface area contributed by atoms with Crippen LogP contribution in [-0.2, 0) is 20.4 Å². The zero-order valence-electron chi connectivity index (χ0n) is 18.8. The minimum atomic E-state index is -1.77. The normalized spacial score (nSPS) is 17.2. The number of fused-ring (bicyclic) bond motifs is 1. The van der Waals surface area contributed by atoms with Gasteiger partial charge in [-0.2, -0.15) is 0 Å². The van der Waals surface area contributed by atoms with Crippen molar-refractivity contribution < 1.29 is 19.1 Å². The Morgan fingerprint density at radius 3 is 2.66 bits per heavy atom. The molecule has 162 valence electrons. The molecule has 0 saturated heterocycles. The second-order valence-corrected chi connectivity index (χ2v) is 14.0. The highest BCUT2D eigenvalue weighted by molar-refractivity contribution is 6.74. The number of benzene rings is 1. The maximum atomic E-state index is 11.3. The van der Waals surface area contributed by atoms with Crippen LogP contribution in [0.2, 0.25) is 18.1 Å². The molecule has 5 nitrogen and oxygen atoms in total. The summed E-state index contributed by atoms with van der Waals surface area (Å²) in [6, 6.07) is 6.65. The lowest BCUT2D eigenvalue weighted by Gasteiger charge is -2.37. The lowest BCUT2D eigenvalue weighted by molar-refractivity contribution is -0.134. The Labute approximate surface area is 176 Å². The van der Waals surface area contributed by atoms with E-state index in [-0.39, 0.29) is 17.6 Å². The number of aliphatic hydroxyl groups is 1. The van der Waals surface area contributed by atoms with E-state index in [9.17, 15) is 9.90 Å². The van der Waals surface area contributed by atoms with Crippen molar-refractivity contribution in [3.8, 4) is 0 Å². The Bertz CT molecular complexity index is 724. The molecule has 1 unspecified atom stereocenters. The summed E-state index contributed by atoms with van der Waals surface area (Å²) in [6.45, 7) is 13.6. The summed E-state index contributed by atoms with van der Waals surface area (Å²) in [5, 5.41) is 9.79. The van der Waals surface area contributed by atoms with Crippen LogP contribution in [0.1, 0.15) is 49.9 Å². The Kier molecular flexibility index (Phi) is 8.23. The van der Waals surface area contributed by atoms with Gasteiger partial charge in [0, 0.05) is 31.8 Å². The molecule has 0 amide bonds. The molecule has 0 saturated carbocycles. The second-order valence-electron chi connectivity index (χ2n) is 9.24. The van der Waals surface area contributed by atoms with Crippen molar-refractivity contribution in [2.45, 2.75) is 57.8 Å². The fourth-order valence-corrected chi connectivity index (χ4v) is 4.55. The van der Waals surface area contributed by atoms with Gasteiger partial charge in [0.05, 0.1) is 13.7 Å². The summed E-state index contributed by atoms with van der Waals surface area (Å²) in [4.78, 5) is 13.7. The van der Waals surface area contributed by atoms with Gasteiger partial charge in [-0.15, -0.1) is 0 Å². The maximum absolute atomic E-state index is 11.3. The van der Waals surface area contributed by atoms with E-state index >= 15 is 0 Å². The largest absolute Gasteiger partial charge is 0.466 e. The van der Waals surface area contributed by atoms with Crippen LogP contribution in [-0.4, -0.2) is 57.7 Å². The minimum Gasteiger partial charge on any atom is -0.466 e. The van der Waals surface area contributed by atoms with Crippen molar-refractivity contribution in [1.29, 1.82) is 0 Å². The van der Waals surface area contributed by atoms with Crippen LogP contribution < -0.4 is 0 Å². The van der Waals surface area contributed by atoms with Gasteiger partial charge >= 0.3 is 5.97 Å². The first-order chi connectivity index (χ1) is 13.6. The molecule has 0 aliphatic heterocycles. The smallest absolute Gasteiger partial charge is 0.330 e. The molecule has 1 aliphatic rings. The summed E-state index contributed by atoms with van der Waals surface area (Å²) in [7, 11) is -0.390. The first kappa shape index (κ1) is 23.8. The molecule has 1 aromatic rings. The summed E-state index contributed by atoms with van der Waals surface area (Å²) < 4.78 is 11.0. The topological polar surface area (TPSA) is 59.0 Å². The number of carbonyl (C=O) groups excluding carboxylic acids is 1. The highest BCUT2D eigenvalue weighted by Gasteiger charge is 2.37. The predicted molar refractivity (Wildman–Crippen MR) is 120 cm³/mol. The van der Waals surface area contributed by atoms with E-state index in [4.69, 9.17) is 4.43 Å². The Balaban J connectivity index is 2.06. The van der Waals surface area contributed by atoms with Crippen LogP contribution >= 0.6 is 0 Å². The van der Waals surface area contributed by atoms with E-state index in [1.165, 1.54) is 24.3 Å². The van der Waals surface area contributed by atoms with Gasteiger partial charge < -0.3 is 14.3 Å². The summed E-state index contributed by atoms with van der Waals surface area (Å²) in [5.74, 6) is -0.348. The SMILES string of the molecule is COC(=O)/C=C/c1ccc2c(c1)CCC2N(CCO)CCO[Si](C)(C)C(C)(C)C. The zero-order valence-corrected chi connectivity index (χ0v) is 19.8. The lowest BCUT2D eigenvalue weighted by atomic mass is 10.0. The number of rotatable bonds is 9. The van der Waals surface area contributed by atoms with Crippen LogP contribution in [0.3, 0.4) is 0 Å². The number of methoxy groups -OCH3 is 1. The van der Waals surface area contributed by atoms with Crippen LogP contribution in [0.15, 0.2) is 24.3 Å². The zero-order chi connectivity index (χ0) is 21.7. The Hall–Kier alpha value is -1.47. The van der Waals surface area contributed by atoms with Gasteiger partial charge in [-0.1, -0.05) is 39.0 Å². The lowest BCUT2D eigenvalue weighted by Crippen LogP contribution is -2.43. The molecule has 1 aliphatic carbocycles. The molecule has 0 bridgehead atoms. The molecule has 0 spiro atoms. The van der Waals surface area contributed by atoms with Crippen molar-refractivity contribution in [1.82, 2.24) is 4.90 Å². The second kappa shape index (κ2) is 10.0. The summed E-state index contributed by atoms with van der Waals surface area (Å²) >= 11 is 0. The quantitative estimate of drug-likeness (QED) is 0.370. The number of carbonyl (C=O) groups is 1. The molecule has 6 heteroatoms. The Morgan fingerprint density at radius 2 is 2.03 bits per heavy atom. The van der Waals surface area contributed by atoms with Crippen molar-refractivity contribution in [3.05, 3.63) is 41.0 Å². The van der Waals surface area contributed by atoms with E-state index in [1.54, 1.807) is 6.08 Å². The van der Waals surface area contributed by atoms with E-state index in [1.807, 2.05) is 6.07 Å². The Morgan fingerprint density at radius 1 is 1.31 bits per heavy atom. The number of ether oxygens (including phenoxy) is 1. The van der Waals surface area contributed by atoms with E-state index < -0.39 is 8.32 Å². The molecule has 29 heavy (non-hydrogen) atoms. The third kappa shape index (κ3) is 6.25. The molecule has 0 heterocycles. The number of aliphatic hydroxyl groups excluding tert-OH is 1. The van der Waals surface area contributed by atoms with Crippen molar-refractivity contribution in [3.63, 3.8) is 0 Å². The first-order valence-electron chi connectivity index (χ1n) is 10.5. The number of hydrogen-bond donors (Lipinski definition) is 1. The summed E-state index contributed by atoms with van der Waals surface area (Å²) in [6.07, 6.45) is 5.28. The summed E-state index contributed by atoms with van der Waals surface area (Å²) in [5.41, 5.74) is 3.64. The highest BCUT2D eigenvalue weighted by Crippen LogP contribution is 2.38. The van der Waals surface area contributed by atoms with E-state index in [0.717, 1.165) is 24.9 Å². The molecule has 0 aromatic heterocycles. The van der Waals surface area contributed by atoms with Gasteiger partial charge in [-0.3, -0.25) is 4.90 Å². The molecule has 0 radical (unpaired) electrons. The van der Waals surface area contributed by atoms with Gasteiger partial charge in [0.2, 0.25) is 0 Å². The number of hydrogen-bond acceptors (Lipinski definition) is 5. The number of esters is 1. The first-order valence-corrected chi connectivity index (χ1v) is 13.4. The van der Waals surface area contributed by atoms with Crippen molar-refractivity contribution in [2.24, 2.45) is 0 Å². The molecular formula is C23H37NO4Si. The third-order valence-electron chi connectivity index (χ3n) is 6.30. The highest BCUT2D eigenvalue weighted by atomic mass is 28.4. The van der Waals surface area contributed by atoms with Gasteiger partial charge in [0.1, 0.15) is 0 Å². The van der Waals surface area contributed by atoms with Gasteiger partial charge in [0.25, 0.3) is 0 Å². The number of nitrogens with zero attached hydrogens (tertiary/aromatic N) is 1. The van der Waals surface area contributed by atoms with Crippen LogP contribution in [0.25, 0.3) is 6.08 Å². The van der Waals surface area contributed by atoms with Gasteiger partial charge in [0.15, 0.2) is 8.32 Å².